The Morgan fingerprint density at radius 3 is 2.65 bits per heavy atom. The van der Waals surface area contributed by atoms with Gasteiger partial charge < -0.3 is 4.74 Å². The van der Waals surface area contributed by atoms with Gasteiger partial charge in [0, 0.05) is 11.8 Å². The normalized spacial score (nSPS) is 11.2. The number of hydrogen-bond donors (Lipinski definition) is 2. The van der Waals surface area contributed by atoms with Crippen molar-refractivity contribution in [2.24, 2.45) is 0 Å². The molecule has 2 N–H and O–H groups in total. The standard InChI is InChI=1S/C14H16ClN3O2/c1-14(2,3)20-13(19)18-12-5-4-9(6-11(12)15)10-7-16-17-8-10/h4-8H,1-3H3,(H,16,17)(H,18,19). The van der Waals surface area contributed by atoms with E-state index in [0.717, 1.165) is 11.1 Å². The van der Waals surface area contributed by atoms with E-state index in [4.69, 9.17) is 16.3 Å². The van der Waals surface area contributed by atoms with Gasteiger partial charge in [-0.25, -0.2) is 4.79 Å². The molecule has 6 heteroatoms. The summed E-state index contributed by atoms with van der Waals surface area (Å²) in [6.07, 6.45) is 2.94. The predicted molar refractivity (Wildman–Crippen MR) is 78.9 cm³/mol. The maximum atomic E-state index is 11.7. The van der Waals surface area contributed by atoms with Crippen LogP contribution in [0.15, 0.2) is 30.6 Å². The number of benzene rings is 1. The van der Waals surface area contributed by atoms with Crippen molar-refractivity contribution in [2.75, 3.05) is 5.32 Å². The van der Waals surface area contributed by atoms with Gasteiger partial charge in [0.15, 0.2) is 0 Å². The molecule has 0 aliphatic carbocycles. The van der Waals surface area contributed by atoms with Gasteiger partial charge in [-0.05, 0) is 38.5 Å². The average molecular weight is 294 g/mol. The maximum Gasteiger partial charge on any atom is 0.412 e. The number of nitrogens with one attached hydrogen (secondary N) is 2. The Morgan fingerprint density at radius 2 is 2.10 bits per heavy atom. The molecule has 0 aliphatic rings. The van der Waals surface area contributed by atoms with Crippen LogP contribution < -0.4 is 5.32 Å². The van der Waals surface area contributed by atoms with Crippen molar-refractivity contribution < 1.29 is 9.53 Å². The second kappa shape index (κ2) is 5.54. The minimum absolute atomic E-state index is 0.439. The minimum atomic E-state index is -0.548. The first-order chi connectivity index (χ1) is 9.35. The number of aromatic nitrogens is 2. The van der Waals surface area contributed by atoms with Gasteiger partial charge >= 0.3 is 6.09 Å². The molecule has 2 rings (SSSR count). The molecule has 5 nitrogen and oxygen atoms in total. The Kier molecular flexibility index (Phi) is 3.99. The van der Waals surface area contributed by atoms with Crippen molar-refractivity contribution in [1.29, 1.82) is 0 Å². The van der Waals surface area contributed by atoms with Crippen LogP contribution in [-0.2, 0) is 4.74 Å². The van der Waals surface area contributed by atoms with Crippen LogP contribution in [0.5, 0.6) is 0 Å². The molecule has 0 fully saturated rings. The third-order valence-corrected chi connectivity index (χ3v) is 2.75. The topological polar surface area (TPSA) is 67.0 Å². The lowest BCUT2D eigenvalue weighted by atomic mass is 10.1. The number of anilines is 1. The summed E-state index contributed by atoms with van der Waals surface area (Å²) in [6, 6.07) is 5.34. The van der Waals surface area contributed by atoms with Crippen molar-refractivity contribution in [3.05, 3.63) is 35.6 Å². The average Bonchev–Trinajstić information content (AvgIpc) is 2.82. The molecule has 0 spiro atoms. The number of nitrogens with zero attached hydrogens (tertiary/aromatic N) is 1. The van der Waals surface area contributed by atoms with E-state index in [2.05, 4.69) is 15.5 Å². The molecule has 0 radical (unpaired) electrons. The Hall–Kier alpha value is -2.01. The maximum absolute atomic E-state index is 11.7. The fourth-order valence-corrected chi connectivity index (χ4v) is 1.85. The number of carbonyl (C=O) groups is 1. The summed E-state index contributed by atoms with van der Waals surface area (Å²) in [4.78, 5) is 11.7. The molecular weight excluding hydrogens is 278 g/mol. The first-order valence-electron chi connectivity index (χ1n) is 6.14. The zero-order valence-corrected chi connectivity index (χ0v) is 12.3. The lowest BCUT2D eigenvalue weighted by Gasteiger charge is -2.20. The van der Waals surface area contributed by atoms with Crippen LogP contribution in [0.3, 0.4) is 0 Å². The van der Waals surface area contributed by atoms with Gasteiger partial charge in [-0.15, -0.1) is 0 Å². The number of halogens is 1. The minimum Gasteiger partial charge on any atom is -0.444 e. The highest BCUT2D eigenvalue weighted by atomic mass is 35.5. The molecule has 1 amide bonds. The number of ether oxygens (including phenoxy) is 1. The SMILES string of the molecule is CC(C)(C)OC(=O)Nc1ccc(-c2cn[nH]c2)cc1Cl. The second-order valence-electron chi connectivity index (χ2n) is 5.31. The summed E-state index contributed by atoms with van der Waals surface area (Å²) in [5.74, 6) is 0. The summed E-state index contributed by atoms with van der Waals surface area (Å²) in [7, 11) is 0. The van der Waals surface area contributed by atoms with Crippen molar-refractivity contribution in [3.63, 3.8) is 0 Å². The Morgan fingerprint density at radius 1 is 1.35 bits per heavy atom. The number of hydrogen-bond acceptors (Lipinski definition) is 3. The highest BCUT2D eigenvalue weighted by molar-refractivity contribution is 6.34. The predicted octanol–water partition coefficient (Wildman–Crippen LogP) is 4.08. The van der Waals surface area contributed by atoms with Crippen molar-refractivity contribution in [3.8, 4) is 11.1 Å². The van der Waals surface area contributed by atoms with Crippen LogP contribution >= 0.6 is 11.6 Å². The number of amides is 1. The number of rotatable bonds is 2. The van der Waals surface area contributed by atoms with Gasteiger partial charge in [-0.1, -0.05) is 17.7 Å². The molecule has 0 atom stereocenters. The molecule has 0 saturated carbocycles. The molecular formula is C14H16ClN3O2. The Balaban J connectivity index is 2.13. The van der Waals surface area contributed by atoms with E-state index >= 15 is 0 Å². The van der Waals surface area contributed by atoms with Crippen molar-refractivity contribution in [2.45, 2.75) is 26.4 Å². The fraction of sp³-hybridized carbons (Fsp3) is 0.286. The molecule has 106 valence electrons. The molecule has 0 unspecified atom stereocenters. The van der Waals surface area contributed by atoms with Gasteiger partial charge in [0.1, 0.15) is 5.60 Å². The van der Waals surface area contributed by atoms with Gasteiger partial charge in [-0.3, -0.25) is 10.4 Å². The number of H-pyrrole nitrogens is 1. The van der Waals surface area contributed by atoms with E-state index in [1.54, 1.807) is 45.3 Å². The van der Waals surface area contributed by atoms with Crippen LogP contribution in [-0.4, -0.2) is 21.9 Å². The summed E-state index contributed by atoms with van der Waals surface area (Å²) in [5.41, 5.74) is 1.80. The smallest absolute Gasteiger partial charge is 0.412 e. The van der Waals surface area contributed by atoms with Crippen LogP contribution in [0.25, 0.3) is 11.1 Å². The summed E-state index contributed by atoms with van der Waals surface area (Å²) in [5, 5.41) is 9.68. The van der Waals surface area contributed by atoms with E-state index in [0.29, 0.717) is 10.7 Å². The summed E-state index contributed by atoms with van der Waals surface area (Å²) < 4.78 is 5.18. The lowest BCUT2D eigenvalue weighted by Crippen LogP contribution is -2.27. The van der Waals surface area contributed by atoms with E-state index in [9.17, 15) is 4.79 Å². The zero-order chi connectivity index (χ0) is 14.8. The van der Waals surface area contributed by atoms with Gasteiger partial charge in [0.05, 0.1) is 16.9 Å². The van der Waals surface area contributed by atoms with Crippen molar-refractivity contribution in [1.82, 2.24) is 10.2 Å². The first-order valence-corrected chi connectivity index (χ1v) is 6.52. The third kappa shape index (κ3) is 3.74. The molecule has 1 aromatic carbocycles. The van der Waals surface area contributed by atoms with Crippen molar-refractivity contribution >= 4 is 23.4 Å². The third-order valence-electron chi connectivity index (χ3n) is 2.44. The highest BCUT2D eigenvalue weighted by Crippen LogP contribution is 2.28. The number of aromatic amines is 1. The largest absolute Gasteiger partial charge is 0.444 e. The second-order valence-corrected chi connectivity index (χ2v) is 5.72. The monoisotopic (exact) mass is 293 g/mol. The molecule has 0 saturated heterocycles. The summed E-state index contributed by atoms with van der Waals surface area (Å²) in [6.45, 7) is 5.41. The Labute approximate surface area is 122 Å². The zero-order valence-electron chi connectivity index (χ0n) is 11.5. The molecule has 1 aromatic heterocycles. The quantitative estimate of drug-likeness (QED) is 0.877. The van der Waals surface area contributed by atoms with Crippen LogP contribution in [0.2, 0.25) is 5.02 Å². The van der Waals surface area contributed by atoms with Gasteiger partial charge in [-0.2, -0.15) is 5.10 Å². The number of carbonyl (C=O) groups excluding carboxylic acids is 1. The molecule has 1 heterocycles. The van der Waals surface area contributed by atoms with Gasteiger partial charge in [0.25, 0.3) is 0 Å². The molecule has 2 aromatic rings. The van der Waals surface area contributed by atoms with Gasteiger partial charge in [0.2, 0.25) is 0 Å². The highest BCUT2D eigenvalue weighted by Gasteiger charge is 2.17. The lowest BCUT2D eigenvalue weighted by molar-refractivity contribution is 0.0636. The Bertz CT molecular complexity index is 603. The molecule has 0 bridgehead atoms. The summed E-state index contributed by atoms with van der Waals surface area (Å²) >= 11 is 6.16. The van der Waals surface area contributed by atoms with E-state index in [1.807, 2.05) is 6.07 Å². The molecule has 20 heavy (non-hydrogen) atoms. The fourth-order valence-electron chi connectivity index (χ4n) is 1.62. The van der Waals surface area contributed by atoms with E-state index in [-0.39, 0.29) is 0 Å². The molecule has 0 aliphatic heterocycles. The first kappa shape index (κ1) is 14.4. The van der Waals surface area contributed by atoms with Crippen LogP contribution in [0, 0.1) is 0 Å². The van der Waals surface area contributed by atoms with E-state index in [1.165, 1.54) is 0 Å². The van der Waals surface area contributed by atoms with Crippen LogP contribution in [0.1, 0.15) is 20.8 Å². The van der Waals surface area contributed by atoms with Crippen LogP contribution in [0.4, 0.5) is 10.5 Å². The van der Waals surface area contributed by atoms with E-state index < -0.39 is 11.7 Å².